The second-order valence-corrected chi connectivity index (χ2v) is 15.0. The summed E-state index contributed by atoms with van der Waals surface area (Å²) in [5.74, 6) is 0. The Bertz CT molecular complexity index is 2810. The molecule has 1 atom stereocenters. The monoisotopic (exact) mass is 727 g/mol. The number of aryl methyl sites for hydroxylation is 1. The van der Waals surface area contributed by atoms with Crippen molar-refractivity contribution in [2.75, 3.05) is 4.90 Å². The summed E-state index contributed by atoms with van der Waals surface area (Å²) in [6, 6.07) is 84.2. The highest BCUT2D eigenvalue weighted by atomic mass is 15.1. The summed E-state index contributed by atoms with van der Waals surface area (Å²) in [6.45, 7) is 2.16. The summed E-state index contributed by atoms with van der Waals surface area (Å²) in [5, 5.41) is 0. The van der Waals surface area contributed by atoms with Crippen LogP contribution in [0.3, 0.4) is 0 Å². The number of hydrogen-bond donors (Lipinski definition) is 0. The predicted octanol–water partition coefficient (Wildman–Crippen LogP) is 14.8. The van der Waals surface area contributed by atoms with E-state index in [9.17, 15) is 0 Å². The lowest BCUT2D eigenvalue weighted by molar-refractivity contribution is 0.768. The Hall–Kier alpha value is -7.22. The normalized spacial score (nSPS) is 14.1. The molecule has 9 aromatic rings. The minimum Gasteiger partial charge on any atom is -0.310 e. The van der Waals surface area contributed by atoms with Crippen LogP contribution in [0.1, 0.15) is 27.8 Å². The number of nitrogens with zero attached hydrogens (tertiary/aromatic N) is 1. The fourth-order valence-electron chi connectivity index (χ4n) is 8.88. The van der Waals surface area contributed by atoms with E-state index in [1.54, 1.807) is 0 Å². The van der Waals surface area contributed by atoms with Crippen LogP contribution in [0.4, 0.5) is 17.1 Å². The van der Waals surface area contributed by atoms with Gasteiger partial charge >= 0.3 is 0 Å². The molecule has 1 heteroatoms. The maximum Gasteiger partial charge on any atom is 0.0713 e. The van der Waals surface area contributed by atoms with Gasteiger partial charge < -0.3 is 4.90 Å². The average Bonchev–Trinajstić information content (AvgIpc) is 3.59. The highest BCUT2D eigenvalue weighted by molar-refractivity contribution is 5.89. The van der Waals surface area contributed by atoms with Crippen molar-refractivity contribution < 1.29 is 0 Å². The third-order valence-electron chi connectivity index (χ3n) is 11.6. The number of benzene rings is 9. The number of fused-ring (bicyclic) bond motifs is 3. The van der Waals surface area contributed by atoms with E-state index in [0.29, 0.717) is 0 Å². The molecule has 0 saturated heterocycles. The molecule has 10 rings (SSSR count). The average molecular weight is 728 g/mol. The zero-order valence-electron chi connectivity index (χ0n) is 31.9. The Morgan fingerprint density at radius 1 is 0.298 bits per heavy atom. The largest absolute Gasteiger partial charge is 0.310 e. The first kappa shape index (κ1) is 34.3. The van der Waals surface area contributed by atoms with Crippen molar-refractivity contribution in [3.8, 4) is 44.5 Å². The van der Waals surface area contributed by atoms with Gasteiger partial charge in [-0.1, -0.05) is 194 Å². The topological polar surface area (TPSA) is 3.24 Å². The van der Waals surface area contributed by atoms with Gasteiger partial charge in [0.1, 0.15) is 0 Å². The Balaban J connectivity index is 1.07. The SMILES string of the molecule is Cc1ccc(C2(c3ccccc3)c3ccccc3-c3cc(-c4ccc(N(c5ccc(-c6ccccc6)cc5)c5cccc(-c6ccccc6)c5)cc4)ccc32)cc1. The van der Waals surface area contributed by atoms with Gasteiger partial charge in [0.2, 0.25) is 0 Å². The molecule has 1 nitrogen and oxygen atoms in total. The van der Waals surface area contributed by atoms with Gasteiger partial charge in [0.25, 0.3) is 0 Å². The molecule has 1 aliphatic carbocycles. The molecular formula is C56H41N. The summed E-state index contributed by atoms with van der Waals surface area (Å²) < 4.78 is 0. The quantitative estimate of drug-likeness (QED) is 0.151. The van der Waals surface area contributed by atoms with Crippen molar-refractivity contribution in [1.29, 1.82) is 0 Å². The molecule has 9 aromatic carbocycles. The smallest absolute Gasteiger partial charge is 0.0713 e. The molecule has 270 valence electrons. The maximum atomic E-state index is 2.41. The third kappa shape index (κ3) is 6.05. The molecule has 0 saturated carbocycles. The van der Waals surface area contributed by atoms with Crippen molar-refractivity contribution >= 4 is 17.1 Å². The minimum atomic E-state index is -0.409. The van der Waals surface area contributed by atoms with Gasteiger partial charge in [-0.25, -0.2) is 0 Å². The molecule has 0 aliphatic heterocycles. The highest BCUT2D eigenvalue weighted by Crippen LogP contribution is 2.56. The second-order valence-electron chi connectivity index (χ2n) is 15.0. The van der Waals surface area contributed by atoms with E-state index in [1.165, 1.54) is 72.3 Å². The molecule has 0 radical (unpaired) electrons. The van der Waals surface area contributed by atoms with E-state index >= 15 is 0 Å². The van der Waals surface area contributed by atoms with E-state index < -0.39 is 5.41 Å². The predicted molar refractivity (Wildman–Crippen MR) is 239 cm³/mol. The fraction of sp³-hybridized carbons (Fsp3) is 0.0357. The van der Waals surface area contributed by atoms with Gasteiger partial charge in [0.05, 0.1) is 5.41 Å². The van der Waals surface area contributed by atoms with E-state index in [1.807, 2.05) is 0 Å². The van der Waals surface area contributed by atoms with Gasteiger partial charge in [0, 0.05) is 17.1 Å². The molecule has 0 fully saturated rings. The first-order valence-corrected chi connectivity index (χ1v) is 19.8. The molecular weight excluding hydrogens is 687 g/mol. The van der Waals surface area contributed by atoms with E-state index in [2.05, 4.69) is 242 Å². The van der Waals surface area contributed by atoms with Crippen LogP contribution in [0.5, 0.6) is 0 Å². The highest BCUT2D eigenvalue weighted by Gasteiger charge is 2.46. The molecule has 0 heterocycles. The lowest BCUT2D eigenvalue weighted by Gasteiger charge is -2.34. The van der Waals surface area contributed by atoms with Crippen LogP contribution < -0.4 is 4.90 Å². The second kappa shape index (κ2) is 14.5. The Morgan fingerprint density at radius 2 is 0.754 bits per heavy atom. The van der Waals surface area contributed by atoms with Gasteiger partial charge in [-0.2, -0.15) is 0 Å². The zero-order chi connectivity index (χ0) is 38.2. The lowest BCUT2D eigenvalue weighted by Crippen LogP contribution is -2.28. The van der Waals surface area contributed by atoms with Crippen molar-refractivity contribution in [3.63, 3.8) is 0 Å². The van der Waals surface area contributed by atoms with Crippen LogP contribution in [0.15, 0.2) is 231 Å². The first-order valence-electron chi connectivity index (χ1n) is 19.8. The first-order chi connectivity index (χ1) is 28.2. The van der Waals surface area contributed by atoms with Gasteiger partial charge in [-0.05, 0) is 116 Å². The zero-order valence-corrected chi connectivity index (χ0v) is 31.9. The van der Waals surface area contributed by atoms with Crippen molar-refractivity contribution in [3.05, 3.63) is 258 Å². The molecule has 0 bridgehead atoms. The number of rotatable bonds is 8. The van der Waals surface area contributed by atoms with Crippen molar-refractivity contribution in [2.45, 2.75) is 12.3 Å². The van der Waals surface area contributed by atoms with Crippen LogP contribution in [-0.2, 0) is 5.41 Å². The molecule has 0 amide bonds. The van der Waals surface area contributed by atoms with E-state index in [-0.39, 0.29) is 0 Å². The van der Waals surface area contributed by atoms with E-state index in [4.69, 9.17) is 0 Å². The third-order valence-corrected chi connectivity index (χ3v) is 11.6. The molecule has 0 spiro atoms. The summed E-state index contributed by atoms with van der Waals surface area (Å²) in [4.78, 5) is 2.36. The van der Waals surface area contributed by atoms with Gasteiger partial charge in [-0.3, -0.25) is 0 Å². The maximum absolute atomic E-state index is 2.41. The van der Waals surface area contributed by atoms with E-state index in [0.717, 1.165) is 17.1 Å². The molecule has 0 N–H and O–H groups in total. The summed E-state index contributed by atoms with van der Waals surface area (Å²) in [5.41, 5.74) is 19.2. The van der Waals surface area contributed by atoms with Crippen LogP contribution in [0, 0.1) is 6.92 Å². The van der Waals surface area contributed by atoms with Crippen LogP contribution in [-0.4, -0.2) is 0 Å². The Labute approximate surface area is 335 Å². The molecule has 0 aromatic heterocycles. The minimum absolute atomic E-state index is 0.409. The fourth-order valence-corrected chi connectivity index (χ4v) is 8.88. The lowest BCUT2D eigenvalue weighted by atomic mass is 9.67. The summed E-state index contributed by atoms with van der Waals surface area (Å²) >= 11 is 0. The molecule has 1 aliphatic rings. The van der Waals surface area contributed by atoms with Gasteiger partial charge in [0.15, 0.2) is 0 Å². The number of hydrogen-bond acceptors (Lipinski definition) is 1. The van der Waals surface area contributed by atoms with Crippen molar-refractivity contribution in [1.82, 2.24) is 0 Å². The Kier molecular flexibility index (Phi) is 8.69. The summed E-state index contributed by atoms with van der Waals surface area (Å²) in [6.07, 6.45) is 0. The van der Waals surface area contributed by atoms with Crippen molar-refractivity contribution in [2.24, 2.45) is 0 Å². The van der Waals surface area contributed by atoms with Crippen LogP contribution >= 0.6 is 0 Å². The van der Waals surface area contributed by atoms with Gasteiger partial charge in [-0.15, -0.1) is 0 Å². The summed E-state index contributed by atoms with van der Waals surface area (Å²) in [7, 11) is 0. The van der Waals surface area contributed by atoms with Crippen LogP contribution in [0.25, 0.3) is 44.5 Å². The molecule has 1 unspecified atom stereocenters. The molecule has 57 heavy (non-hydrogen) atoms. The standard InChI is InChI=1S/C56H41N/c1-40-24-31-48(32-25-40)56(47-19-9-4-10-20-47)54-23-12-11-22-52(54)53-39-46(30-37-55(53)56)44-28-35-50(36-29-44)57(49-33-26-43(27-34-49)41-14-5-2-6-15-41)51-21-13-18-45(38-51)42-16-7-3-8-17-42/h2-39H,1H3. The van der Waals surface area contributed by atoms with Crippen LogP contribution in [0.2, 0.25) is 0 Å². The Morgan fingerprint density at radius 3 is 1.40 bits per heavy atom. The number of anilines is 3.